The number of benzene rings is 5. The van der Waals surface area contributed by atoms with E-state index in [0.29, 0.717) is 0 Å². The number of rotatable bonds is 0. The number of nitrogens with one attached hydrogen (secondary N) is 1. The topological polar surface area (TPSA) is 12.0 Å². The molecule has 1 nitrogen and oxygen atoms in total. The van der Waals surface area contributed by atoms with Gasteiger partial charge in [-0.05, 0) is 57.2 Å². The fourth-order valence-electron chi connectivity index (χ4n) is 3.58. The minimum Gasteiger partial charge on any atom is -0.323 e. The van der Waals surface area contributed by atoms with E-state index in [2.05, 4.69) is 78.1 Å². The molecule has 0 aromatic heterocycles. The number of fused-ring (bicyclic) bond motifs is 2. The molecular formula is C22H19N. The third-order valence-electron chi connectivity index (χ3n) is 4.39. The van der Waals surface area contributed by atoms with Crippen LogP contribution < -0.4 is 5.32 Å². The fraction of sp³-hybridized carbons (Fsp3) is 0.0909. The lowest BCUT2D eigenvalue weighted by Gasteiger charge is -2.13. The molecule has 0 bridgehead atoms. The molecule has 1 N–H and O–H groups in total. The smallest absolute Gasteiger partial charge is 0.00264 e. The summed E-state index contributed by atoms with van der Waals surface area (Å²) in [5.41, 5.74) is 0. The van der Waals surface area contributed by atoms with Crippen molar-refractivity contribution >= 4 is 43.1 Å². The molecule has 0 aliphatic carbocycles. The van der Waals surface area contributed by atoms with Crippen LogP contribution in [0.5, 0.6) is 0 Å². The molecular weight excluding hydrogens is 278 g/mol. The molecule has 5 aromatic carbocycles. The Hall–Kier alpha value is -2.64. The van der Waals surface area contributed by atoms with Crippen LogP contribution in [0.25, 0.3) is 43.1 Å². The summed E-state index contributed by atoms with van der Waals surface area (Å²) in [6.45, 7) is 0. The van der Waals surface area contributed by atoms with Gasteiger partial charge in [-0.1, -0.05) is 72.8 Å². The van der Waals surface area contributed by atoms with Crippen molar-refractivity contribution in [1.29, 1.82) is 0 Å². The lowest BCUT2D eigenvalue weighted by Crippen LogP contribution is -1.89. The lowest BCUT2D eigenvalue weighted by atomic mass is 9.90. The summed E-state index contributed by atoms with van der Waals surface area (Å²) in [4.78, 5) is 0. The normalized spacial score (nSPS) is 11.2. The van der Waals surface area contributed by atoms with Crippen molar-refractivity contribution in [1.82, 2.24) is 5.32 Å². The maximum Gasteiger partial charge on any atom is -0.00264 e. The highest BCUT2D eigenvalue weighted by Crippen LogP contribution is 2.39. The van der Waals surface area contributed by atoms with E-state index in [4.69, 9.17) is 0 Å². The molecule has 0 amide bonds. The van der Waals surface area contributed by atoms with Gasteiger partial charge in [0.2, 0.25) is 0 Å². The second kappa shape index (κ2) is 5.53. The molecule has 0 aliphatic rings. The van der Waals surface area contributed by atoms with Gasteiger partial charge >= 0.3 is 0 Å². The minimum atomic E-state index is 1.33. The summed E-state index contributed by atoms with van der Waals surface area (Å²) in [5.74, 6) is 0. The maximum absolute atomic E-state index is 2.75. The molecule has 0 aliphatic heterocycles. The van der Waals surface area contributed by atoms with Gasteiger partial charge in [-0.2, -0.15) is 0 Å². The number of hydrogen-bond acceptors (Lipinski definition) is 1. The molecule has 0 radical (unpaired) electrons. The second-order valence-corrected chi connectivity index (χ2v) is 5.92. The highest BCUT2D eigenvalue weighted by Gasteiger charge is 2.11. The summed E-state index contributed by atoms with van der Waals surface area (Å²) >= 11 is 0. The molecule has 0 atom stereocenters. The molecule has 112 valence electrons. The Morgan fingerprint density at radius 1 is 0.478 bits per heavy atom. The van der Waals surface area contributed by atoms with E-state index in [1.807, 2.05) is 14.1 Å². The van der Waals surface area contributed by atoms with Crippen LogP contribution in [0, 0.1) is 0 Å². The first-order valence-electron chi connectivity index (χ1n) is 7.98. The Morgan fingerprint density at radius 2 is 0.739 bits per heavy atom. The van der Waals surface area contributed by atoms with Gasteiger partial charge in [0, 0.05) is 0 Å². The van der Waals surface area contributed by atoms with E-state index in [1.165, 1.54) is 43.1 Å². The first-order valence-corrected chi connectivity index (χ1v) is 7.98. The molecule has 23 heavy (non-hydrogen) atoms. The van der Waals surface area contributed by atoms with Crippen LogP contribution in [0.3, 0.4) is 0 Å². The van der Waals surface area contributed by atoms with Crippen LogP contribution in [0.1, 0.15) is 0 Å². The molecule has 0 saturated heterocycles. The SMILES string of the molecule is CNC.c1cc2cccc3c4cccc5cccc(c(c1)c23)c54. The van der Waals surface area contributed by atoms with E-state index in [9.17, 15) is 0 Å². The summed E-state index contributed by atoms with van der Waals surface area (Å²) < 4.78 is 0. The van der Waals surface area contributed by atoms with E-state index in [-0.39, 0.29) is 0 Å². The molecule has 5 rings (SSSR count). The van der Waals surface area contributed by atoms with Gasteiger partial charge in [-0.25, -0.2) is 0 Å². The second-order valence-electron chi connectivity index (χ2n) is 5.92. The van der Waals surface area contributed by atoms with E-state index < -0.39 is 0 Å². The highest BCUT2D eigenvalue weighted by atomic mass is 14.7. The molecule has 0 saturated carbocycles. The van der Waals surface area contributed by atoms with Gasteiger partial charge in [0.15, 0.2) is 0 Å². The van der Waals surface area contributed by atoms with Crippen LogP contribution in [-0.4, -0.2) is 14.1 Å². The molecule has 0 fully saturated rings. The van der Waals surface area contributed by atoms with Crippen molar-refractivity contribution in [2.24, 2.45) is 0 Å². The van der Waals surface area contributed by atoms with Crippen molar-refractivity contribution in [2.75, 3.05) is 14.1 Å². The zero-order valence-corrected chi connectivity index (χ0v) is 13.4. The van der Waals surface area contributed by atoms with Crippen molar-refractivity contribution < 1.29 is 0 Å². The molecule has 0 unspecified atom stereocenters. The first kappa shape index (κ1) is 14.0. The standard InChI is InChI=1S/C20H12.C2H7N/c1-5-13-6-2-11-17-18-12-4-8-14-7-3-10-16(20(14)18)15(9-1)19(13)17;1-3-2/h1-12H;3H,1-2H3. The Kier molecular flexibility index (Phi) is 3.36. The van der Waals surface area contributed by atoms with Crippen LogP contribution in [0.15, 0.2) is 72.8 Å². The Bertz CT molecular complexity index is 939. The fourth-order valence-corrected chi connectivity index (χ4v) is 3.58. The van der Waals surface area contributed by atoms with Crippen molar-refractivity contribution in [2.45, 2.75) is 0 Å². The minimum absolute atomic E-state index is 1.33. The Balaban J connectivity index is 0.000000421. The quantitative estimate of drug-likeness (QED) is 0.291. The monoisotopic (exact) mass is 297 g/mol. The van der Waals surface area contributed by atoms with Crippen LogP contribution in [0.4, 0.5) is 0 Å². The summed E-state index contributed by atoms with van der Waals surface area (Å²) in [6.07, 6.45) is 0. The van der Waals surface area contributed by atoms with Gasteiger partial charge < -0.3 is 5.32 Å². The van der Waals surface area contributed by atoms with Crippen LogP contribution >= 0.6 is 0 Å². The average Bonchev–Trinajstić information content (AvgIpc) is 2.60. The van der Waals surface area contributed by atoms with E-state index >= 15 is 0 Å². The summed E-state index contributed by atoms with van der Waals surface area (Å²) in [7, 11) is 3.75. The van der Waals surface area contributed by atoms with Gasteiger partial charge in [-0.3, -0.25) is 0 Å². The van der Waals surface area contributed by atoms with Crippen molar-refractivity contribution in [3.63, 3.8) is 0 Å². The van der Waals surface area contributed by atoms with Gasteiger partial charge in [0.25, 0.3) is 0 Å². The predicted molar refractivity (Wildman–Crippen MR) is 103 cm³/mol. The van der Waals surface area contributed by atoms with Gasteiger partial charge in [-0.15, -0.1) is 0 Å². The maximum atomic E-state index is 2.75. The van der Waals surface area contributed by atoms with Crippen LogP contribution in [0.2, 0.25) is 0 Å². The van der Waals surface area contributed by atoms with E-state index in [0.717, 1.165) is 0 Å². The first-order chi connectivity index (χ1) is 11.3. The zero-order valence-electron chi connectivity index (χ0n) is 13.4. The molecule has 5 aromatic rings. The molecule has 0 heterocycles. The van der Waals surface area contributed by atoms with Crippen LogP contribution in [-0.2, 0) is 0 Å². The molecule has 1 heteroatoms. The largest absolute Gasteiger partial charge is 0.323 e. The number of hydrogen-bond donors (Lipinski definition) is 1. The zero-order chi connectivity index (χ0) is 15.8. The van der Waals surface area contributed by atoms with Crippen molar-refractivity contribution in [3.8, 4) is 0 Å². The summed E-state index contributed by atoms with van der Waals surface area (Å²) in [6, 6.07) is 26.4. The van der Waals surface area contributed by atoms with Gasteiger partial charge in [0.05, 0.1) is 0 Å². The third kappa shape index (κ3) is 2.05. The highest BCUT2D eigenvalue weighted by molar-refractivity contribution is 6.32. The van der Waals surface area contributed by atoms with Crippen molar-refractivity contribution in [3.05, 3.63) is 72.8 Å². The average molecular weight is 297 g/mol. The Labute approximate surface area is 135 Å². The van der Waals surface area contributed by atoms with E-state index in [1.54, 1.807) is 0 Å². The lowest BCUT2D eigenvalue weighted by molar-refractivity contribution is 1.02. The Morgan fingerprint density at radius 3 is 1.00 bits per heavy atom. The third-order valence-corrected chi connectivity index (χ3v) is 4.39. The predicted octanol–water partition coefficient (Wildman–Crippen LogP) is 5.57. The molecule has 0 spiro atoms. The van der Waals surface area contributed by atoms with Gasteiger partial charge in [0.1, 0.15) is 0 Å². The summed E-state index contributed by atoms with van der Waals surface area (Å²) in [5, 5.41) is 13.6.